The molecule has 0 fully saturated rings. The van der Waals surface area contributed by atoms with Crippen molar-refractivity contribution in [2.24, 2.45) is 5.11 Å². The molecule has 0 radical (unpaired) electrons. The molecule has 1 amide bonds. The standard InChI is InChI=1S/C16H12N4O3/c1-22-14-9-11(19-20-17)6-7-12(14)18-16(21)15-8-10-4-2-3-5-13(10)23-15/h2-9H,1H3,(H,18,21). The second-order valence-corrected chi connectivity index (χ2v) is 4.68. The van der Waals surface area contributed by atoms with Gasteiger partial charge < -0.3 is 14.5 Å². The van der Waals surface area contributed by atoms with Crippen LogP contribution >= 0.6 is 0 Å². The van der Waals surface area contributed by atoms with Crippen LogP contribution in [0.15, 0.2) is 58.1 Å². The van der Waals surface area contributed by atoms with Crippen molar-refractivity contribution in [3.8, 4) is 5.75 Å². The van der Waals surface area contributed by atoms with Crippen LogP contribution in [0.1, 0.15) is 10.6 Å². The maximum atomic E-state index is 12.3. The van der Waals surface area contributed by atoms with Gasteiger partial charge in [0.25, 0.3) is 5.91 Å². The Morgan fingerprint density at radius 1 is 1.26 bits per heavy atom. The number of azide groups is 1. The van der Waals surface area contributed by atoms with Crippen molar-refractivity contribution in [3.05, 3.63) is 64.7 Å². The number of ether oxygens (including phenoxy) is 1. The molecule has 0 spiro atoms. The maximum absolute atomic E-state index is 12.3. The van der Waals surface area contributed by atoms with E-state index in [1.165, 1.54) is 13.2 Å². The van der Waals surface area contributed by atoms with Gasteiger partial charge in [-0.25, -0.2) is 0 Å². The van der Waals surface area contributed by atoms with E-state index in [4.69, 9.17) is 14.7 Å². The van der Waals surface area contributed by atoms with Gasteiger partial charge in [-0.1, -0.05) is 29.4 Å². The summed E-state index contributed by atoms with van der Waals surface area (Å²) in [4.78, 5) is 15.0. The summed E-state index contributed by atoms with van der Waals surface area (Å²) < 4.78 is 10.7. The van der Waals surface area contributed by atoms with Crippen LogP contribution < -0.4 is 10.1 Å². The lowest BCUT2D eigenvalue weighted by Gasteiger charge is -2.09. The Morgan fingerprint density at radius 2 is 2.09 bits per heavy atom. The summed E-state index contributed by atoms with van der Waals surface area (Å²) >= 11 is 0. The Balaban J connectivity index is 1.88. The third kappa shape index (κ3) is 2.95. The number of benzene rings is 2. The molecule has 7 nitrogen and oxygen atoms in total. The van der Waals surface area contributed by atoms with Crippen molar-refractivity contribution >= 4 is 28.3 Å². The number of para-hydroxylation sites is 1. The molecule has 7 heteroatoms. The van der Waals surface area contributed by atoms with E-state index in [2.05, 4.69) is 15.3 Å². The van der Waals surface area contributed by atoms with Crippen molar-refractivity contribution in [1.29, 1.82) is 0 Å². The van der Waals surface area contributed by atoms with Gasteiger partial charge in [0.15, 0.2) is 5.76 Å². The summed E-state index contributed by atoms with van der Waals surface area (Å²) in [5.41, 5.74) is 9.94. The highest BCUT2D eigenvalue weighted by molar-refractivity contribution is 6.05. The second-order valence-electron chi connectivity index (χ2n) is 4.68. The van der Waals surface area contributed by atoms with Crippen LogP contribution in [0.25, 0.3) is 21.4 Å². The minimum absolute atomic E-state index is 0.201. The molecule has 0 aliphatic rings. The van der Waals surface area contributed by atoms with Crippen molar-refractivity contribution in [2.75, 3.05) is 12.4 Å². The average Bonchev–Trinajstić information content (AvgIpc) is 3.00. The Bertz CT molecular complexity index is 893. The monoisotopic (exact) mass is 308 g/mol. The number of fused-ring (bicyclic) bond motifs is 1. The summed E-state index contributed by atoms with van der Waals surface area (Å²) in [7, 11) is 1.46. The number of carbonyl (C=O) groups excluding carboxylic acids is 1. The predicted molar refractivity (Wildman–Crippen MR) is 86.0 cm³/mol. The van der Waals surface area contributed by atoms with Crippen molar-refractivity contribution in [1.82, 2.24) is 0 Å². The van der Waals surface area contributed by atoms with Crippen molar-refractivity contribution in [3.63, 3.8) is 0 Å². The second kappa shape index (κ2) is 6.13. The van der Waals surface area contributed by atoms with E-state index < -0.39 is 5.91 Å². The number of nitrogens with zero attached hydrogens (tertiary/aromatic N) is 3. The third-order valence-electron chi connectivity index (χ3n) is 3.24. The molecule has 0 saturated heterocycles. The van der Waals surface area contributed by atoms with Crippen LogP contribution in [0.4, 0.5) is 11.4 Å². The van der Waals surface area contributed by atoms with Gasteiger partial charge in [0, 0.05) is 16.0 Å². The minimum Gasteiger partial charge on any atom is -0.495 e. The van der Waals surface area contributed by atoms with E-state index in [1.54, 1.807) is 24.3 Å². The van der Waals surface area contributed by atoms with Gasteiger partial charge in [0.05, 0.1) is 12.8 Å². The molecular weight excluding hydrogens is 296 g/mol. The van der Waals surface area contributed by atoms with E-state index >= 15 is 0 Å². The first-order valence-corrected chi connectivity index (χ1v) is 6.74. The molecule has 1 heterocycles. The van der Waals surface area contributed by atoms with E-state index in [0.29, 0.717) is 22.7 Å². The van der Waals surface area contributed by atoms with E-state index in [-0.39, 0.29) is 5.76 Å². The number of anilines is 1. The maximum Gasteiger partial charge on any atom is 0.291 e. The van der Waals surface area contributed by atoms with Gasteiger partial charge in [-0.05, 0) is 29.8 Å². The van der Waals surface area contributed by atoms with E-state index in [9.17, 15) is 4.79 Å². The first-order valence-electron chi connectivity index (χ1n) is 6.74. The van der Waals surface area contributed by atoms with Crippen molar-refractivity contribution in [2.45, 2.75) is 0 Å². The van der Waals surface area contributed by atoms with Gasteiger partial charge in [0.2, 0.25) is 0 Å². The van der Waals surface area contributed by atoms with Gasteiger partial charge >= 0.3 is 0 Å². The highest BCUT2D eigenvalue weighted by Gasteiger charge is 2.14. The molecule has 1 N–H and O–H groups in total. The molecule has 0 aliphatic carbocycles. The number of hydrogen-bond donors (Lipinski definition) is 1. The van der Waals surface area contributed by atoms with E-state index in [0.717, 1.165) is 5.39 Å². The number of hydrogen-bond acceptors (Lipinski definition) is 4. The van der Waals surface area contributed by atoms with Crippen LogP contribution in [-0.2, 0) is 0 Å². The number of furan rings is 1. The fraction of sp³-hybridized carbons (Fsp3) is 0.0625. The zero-order valence-electron chi connectivity index (χ0n) is 12.2. The highest BCUT2D eigenvalue weighted by atomic mass is 16.5. The zero-order valence-corrected chi connectivity index (χ0v) is 12.2. The molecule has 23 heavy (non-hydrogen) atoms. The lowest BCUT2D eigenvalue weighted by Crippen LogP contribution is -2.11. The smallest absolute Gasteiger partial charge is 0.291 e. The summed E-state index contributed by atoms with van der Waals surface area (Å²) in [6.07, 6.45) is 0. The lowest BCUT2D eigenvalue weighted by atomic mass is 10.2. The molecule has 0 saturated carbocycles. The molecular formula is C16H12N4O3. The number of methoxy groups -OCH3 is 1. The molecule has 2 aromatic carbocycles. The van der Waals surface area contributed by atoms with Gasteiger partial charge in [-0.3, -0.25) is 4.79 Å². The SMILES string of the molecule is COc1cc(N=[N+]=[N-])ccc1NC(=O)c1cc2ccccc2o1. The summed E-state index contributed by atoms with van der Waals surface area (Å²) in [5, 5.41) is 7.06. The molecule has 0 unspecified atom stereocenters. The number of nitrogens with one attached hydrogen (secondary N) is 1. The van der Waals surface area contributed by atoms with E-state index in [1.807, 2.05) is 18.2 Å². The first-order chi connectivity index (χ1) is 11.2. The predicted octanol–water partition coefficient (Wildman–Crippen LogP) is 4.64. The van der Waals surface area contributed by atoms with Crippen molar-refractivity contribution < 1.29 is 13.9 Å². The number of rotatable bonds is 4. The molecule has 0 aliphatic heterocycles. The minimum atomic E-state index is -0.393. The zero-order chi connectivity index (χ0) is 16.2. The summed E-state index contributed by atoms with van der Waals surface area (Å²) in [5.74, 6) is 0.197. The van der Waals surface area contributed by atoms with Gasteiger partial charge in [-0.15, -0.1) is 0 Å². The molecule has 3 aromatic rings. The molecule has 114 valence electrons. The molecule has 0 atom stereocenters. The summed E-state index contributed by atoms with van der Waals surface area (Å²) in [6, 6.07) is 13.8. The Labute approximate surface area is 131 Å². The quantitative estimate of drug-likeness (QED) is 0.431. The average molecular weight is 308 g/mol. The lowest BCUT2D eigenvalue weighted by molar-refractivity contribution is 0.0998. The molecule has 1 aromatic heterocycles. The number of amides is 1. The van der Waals surface area contributed by atoms with Crippen LogP contribution in [0.3, 0.4) is 0 Å². The normalized spacial score (nSPS) is 10.1. The Kier molecular flexibility index (Phi) is 3.86. The van der Waals surface area contributed by atoms with Crippen LogP contribution in [-0.4, -0.2) is 13.0 Å². The topological polar surface area (TPSA) is 100 Å². The third-order valence-corrected chi connectivity index (χ3v) is 3.24. The molecule has 0 bridgehead atoms. The van der Waals surface area contributed by atoms with Crippen LogP contribution in [0, 0.1) is 0 Å². The fourth-order valence-corrected chi connectivity index (χ4v) is 2.17. The van der Waals surface area contributed by atoms with Crippen LogP contribution in [0.5, 0.6) is 5.75 Å². The first kappa shape index (κ1) is 14.5. The highest BCUT2D eigenvalue weighted by Crippen LogP contribution is 2.30. The number of carbonyl (C=O) groups is 1. The molecule has 3 rings (SSSR count). The van der Waals surface area contributed by atoms with Gasteiger partial charge in [-0.2, -0.15) is 0 Å². The largest absolute Gasteiger partial charge is 0.495 e. The fourth-order valence-electron chi connectivity index (χ4n) is 2.17. The Morgan fingerprint density at radius 3 is 2.83 bits per heavy atom. The van der Waals surface area contributed by atoms with Crippen LogP contribution in [0.2, 0.25) is 0 Å². The van der Waals surface area contributed by atoms with Gasteiger partial charge in [0.1, 0.15) is 11.3 Å². The Hall–Kier alpha value is -3.44. The summed E-state index contributed by atoms with van der Waals surface area (Å²) in [6.45, 7) is 0.